The monoisotopic (exact) mass is 204 g/mol. The zero-order valence-electron chi connectivity index (χ0n) is 7.60. The van der Waals surface area contributed by atoms with Crippen molar-refractivity contribution in [3.63, 3.8) is 0 Å². The molecule has 0 atom stereocenters. The first-order chi connectivity index (χ1) is 6.68. The minimum atomic E-state index is -0.859. The molecule has 0 spiro atoms. The predicted molar refractivity (Wildman–Crippen MR) is 43.0 cm³/mol. The molecule has 0 unspecified atom stereocenters. The number of carboxylic acid groups (broad SMARTS) is 1. The van der Waals surface area contributed by atoms with Crippen LogP contribution >= 0.6 is 0 Å². The normalized spacial score (nSPS) is 16.0. The molecular weight excluding hydrogens is 192 g/mol. The zero-order valence-corrected chi connectivity index (χ0v) is 7.60. The predicted octanol–water partition coefficient (Wildman–Crippen LogP) is 0.462. The molecule has 0 aliphatic carbocycles. The van der Waals surface area contributed by atoms with E-state index in [1.165, 1.54) is 0 Å². The fraction of sp³-hybridized carbons (Fsp3) is 0.750. The molecule has 1 rings (SSSR count). The smallest absolute Gasteiger partial charge is 0.322 e. The Bertz CT molecular complexity index is 210. The van der Waals surface area contributed by atoms with Gasteiger partial charge in [0, 0.05) is 12.8 Å². The standard InChI is InChI=1S/C8H12O6/c9-6(10)3-1-2-4-7(11)14-8-12-5-13-8/h8H,1-5H2,(H,9,10). The van der Waals surface area contributed by atoms with Crippen LogP contribution in [0.3, 0.4) is 0 Å². The number of hydrogen-bond donors (Lipinski definition) is 1. The number of hydrogen-bond acceptors (Lipinski definition) is 5. The molecule has 0 aromatic carbocycles. The first-order valence-electron chi connectivity index (χ1n) is 4.33. The fourth-order valence-electron chi connectivity index (χ4n) is 0.903. The fourth-order valence-corrected chi connectivity index (χ4v) is 0.903. The molecule has 14 heavy (non-hydrogen) atoms. The Labute approximate surface area is 80.7 Å². The van der Waals surface area contributed by atoms with Crippen molar-refractivity contribution in [3.05, 3.63) is 0 Å². The molecule has 0 aromatic rings. The summed E-state index contributed by atoms with van der Waals surface area (Å²) in [5.74, 6) is -1.29. The summed E-state index contributed by atoms with van der Waals surface area (Å²) in [6, 6.07) is 0. The number of rotatable bonds is 6. The van der Waals surface area contributed by atoms with Crippen LogP contribution < -0.4 is 0 Å². The van der Waals surface area contributed by atoms with E-state index in [1.807, 2.05) is 0 Å². The van der Waals surface area contributed by atoms with Gasteiger partial charge in [-0.15, -0.1) is 0 Å². The number of ether oxygens (including phenoxy) is 3. The third kappa shape index (κ3) is 4.20. The van der Waals surface area contributed by atoms with Crippen molar-refractivity contribution in [2.45, 2.75) is 32.2 Å². The van der Waals surface area contributed by atoms with E-state index in [2.05, 4.69) is 14.2 Å². The molecule has 1 aliphatic heterocycles. The van der Waals surface area contributed by atoms with E-state index >= 15 is 0 Å². The molecule has 0 aromatic heterocycles. The highest BCUT2D eigenvalue weighted by atomic mass is 17.0. The summed E-state index contributed by atoms with van der Waals surface area (Å²) in [4.78, 5) is 21.1. The van der Waals surface area contributed by atoms with Crippen molar-refractivity contribution in [2.24, 2.45) is 0 Å². The summed E-state index contributed by atoms with van der Waals surface area (Å²) in [7, 11) is 0. The Morgan fingerprint density at radius 3 is 2.43 bits per heavy atom. The summed E-state index contributed by atoms with van der Waals surface area (Å²) >= 11 is 0. The maximum atomic E-state index is 11.0. The van der Waals surface area contributed by atoms with E-state index in [0.717, 1.165) is 0 Å². The van der Waals surface area contributed by atoms with Crippen molar-refractivity contribution in [1.82, 2.24) is 0 Å². The van der Waals surface area contributed by atoms with Gasteiger partial charge >= 0.3 is 18.4 Å². The molecule has 0 bridgehead atoms. The van der Waals surface area contributed by atoms with Gasteiger partial charge in [-0.2, -0.15) is 0 Å². The van der Waals surface area contributed by atoms with Crippen molar-refractivity contribution in [2.75, 3.05) is 6.79 Å². The summed E-state index contributed by atoms with van der Waals surface area (Å²) in [6.45, 7) is -0.710. The topological polar surface area (TPSA) is 82.1 Å². The van der Waals surface area contributed by atoms with E-state index in [1.54, 1.807) is 0 Å². The van der Waals surface area contributed by atoms with E-state index in [4.69, 9.17) is 5.11 Å². The van der Waals surface area contributed by atoms with Gasteiger partial charge in [0.05, 0.1) is 0 Å². The van der Waals surface area contributed by atoms with Crippen LogP contribution in [0.25, 0.3) is 0 Å². The van der Waals surface area contributed by atoms with Crippen LogP contribution in [-0.4, -0.2) is 30.3 Å². The largest absolute Gasteiger partial charge is 0.481 e. The van der Waals surface area contributed by atoms with Crippen LogP contribution in [-0.2, 0) is 23.8 Å². The highest BCUT2D eigenvalue weighted by Gasteiger charge is 2.22. The maximum Gasteiger partial charge on any atom is 0.322 e. The lowest BCUT2D eigenvalue weighted by atomic mass is 10.2. The molecule has 1 fully saturated rings. The van der Waals surface area contributed by atoms with Crippen LogP contribution in [0.15, 0.2) is 0 Å². The van der Waals surface area contributed by atoms with Gasteiger partial charge in [-0.05, 0) is 12.8 Å². The van der Waals surface area contributed by atoms with Crippen LogP contribution in [0.2, 0.25) is 0 Å². The lowest BCUT2D eigenvalue weighted by Crippen LogP contribution is -2.35. The maximum absolute atomic E-state index is 11.0. The van der Waals surface area contributed by atoms with E-state index in [0.29, 0.717) is 12.8 Å². The third-order valence-corrected chi connectivity index (χ3v) is 1.66. The molecule has 1 saturated heterocycles. The number of carbonyl (C=O) groups excluding carboxylic acids is 1. The van der Waals surface area contributed by atoms with Crippen LogP contribution in [0, 0.1) is 0 Å². The van der Waals surface area contributed by atoms with Crippen LogP contribution in [0.4, 0.5) is 0 Å². The molecule has 1 N–H and O–H groups in total. The van der Waals surface area contributed by atoms with Gasteiger partial charge < -0.3 is 9.84 Å². The minimum Gasteiger partial charge on any atom is -0.481 e. The van der Waals surface area contributed by atoms with Gasteiger partial charge in [0.1, 0.15) is 0 Å². The lowest BCUT2D eigenvalue weighted by molar-refractivity contribution is -0.406. The molecule has 0 amide bonds. The molecule has 1 aliphatic rings. The molecule has 6 heteroatoms. The number of unbranched alkanes of at least 4 members (excludes halogenated alkanes) is 1. The summed E-state index contributed by atoms with van der Waals surface area (Å²) in [5.41, 5.74) is 0. The SMILES string of the molecule is O=C(O)CCCCC(=O)OC1OCO1. The van der Waals surface area contributed by atoms with Crippen molar-refractivity contribution in [1.29, 1.82) is 0 Å². The summed E-state index contributed by atoms with van der Waals surface area (Å²) in [6.07, 6.45) is 1.23. The Morgan fingerprint density at radius 1 is 1.29 bits per heavy atom. The van der Waals surface area contributed by atoms with Gasteiger partial charge in [-0.1, -0.05) is 0 Å². The van der Waals surface area contributed by atoms with Gasteiger partial charge in [0.15, 0.2) is 6.79 Å². The number of carboxylic acids is 1. The first-order valence-corrected chi connectivity index (χ1v) is 4.33. The second-order valence-corrected chi connectivity index (χ2v) is 2.83. The van der Waals surface area contributed by atoms with Crippen molar-refractivity contribution in [3.8, 4) is 0 Å². The Balaban J connectivity index is 1.94. The molecule has 6 nitrogen and oxygen atoms in total. The first kappa shape index (κ1) is 10.9. The summed E-state index contributed by atoms with van der Waals surface area (Å²) in [5, 5.41) is 8.32. The highest BCUT2D eigenvalue weighted by molar-refractivity contribution is 5.69. The zero-order chi connectivity index (χ0) is 10.4. The van der Waals surface area contributed by atoms with Gasteiger partial charge in [-0.3, -0.25) is 19.1 Å². The summed E-state index contributed by atoms with van der Waals surface area (Å²) < 4.78 is 14.0. The van der Waals surface area contributed by atoms with E-state index < -0.39 is 18.4 Å². The second kappa shape index (κ2) is 5.56. The van der Waals surface area contributed by atoms with Gasteiger partial charge in [0.2, 0.25) is 0 Å². The van der Waals surface area contributed by atoms with Crippen molar-refractivity contribution < 1.29 is 28.9 Å². The second-order valence-electron chi connectivity index (χ2n) is 2.83. The van der Waals surface area contributed by atoms with E-state index in [9.17, 15) is 9.59 Å². The van der Waals surface area contributed by atoms with Crippen molar-refractivity contribution >= 4 is 11.9 Å². The quantitative estimate of drug-likeness (QED) is 0.500. The van der Waals surface area contributed by atoms with Crippen LogP contribution in [0.1, 0.15) is 25.7 Å². The molecule has 1 heterocycles. The van der Waals surface area contributed by atoms with Gasteiger partial charge in [0.25, 0.3) is 0 Å². The molecule has 0 saturated carbocycles. The molecular formula is C8H12O6. The Kier molecular flexibility index (Phi) is 4.34. The number of carbonyl (C=O) groups is 2. The average molecular weight is 204 g/mol. The molecule has 0 radical (unpaired) electrons. The highest BCUT2D eigenvalue weighted by Crippen LogP contribution is 2.10. The number of esters is 1. The molecule has 80 valence electrons. The Morgan fingerprint density at radius 2 is 1.93 bits per heavy atom. The minimum absolute atomic E-state index is 0.0731. The average Bonchev–Trinajstić information content (AvgIpc) is 2.05. The van der Waals surface area contributed by atoms with Gasteiger partial charge in [-0.25, -0.2) is 0 Å². The third-order valence-electron chi connectivity index (χ3n) is 1.66. The Hall–Kier alpha value is -1.14. The van der Waals surface area contributed by atoms with Crippen LogP contribution in [0.5, 0.6) is 0 Å². The number of aliphatic carboxylic acids is 1. The lowest BCUT2D eigenvalue weighted by Gasteiger charge is -2.25. The van der Waals surface area contributed by atoms with E-state index in [-0.39, 0.29) is 19.6 Å².